The molecule has 0 saturated heterocycles. The molecule has 6 heteroatoms. The van der Waals surface area contributed by atoms with Crippen LogP contribution in [-0.4, -0.2) is 35.9 Å². The number of nitrogens with two attached hydrogens (primary N) is 1. The highest BCUT2D eigenvalue weighted by molar-refractivity contribution is 5.99. The van der Waals surface area contributed by atoms with Gasteiger partial charge < -0.3 is 26.1 Å². The molecule has 0 bridgehead atoms. The topological polar surface area (TPSA) is 100 Å². The van der Waals surface area contributed by atoms with E-state index in [1.165, 1.54) is 7.11 Å². The second-order valence-electron chi connectivity index (χ2n) is 4.96. The summed E-state index contributed by atoms with van der Waals surface area (Å²) in [4.78, 5) is 0. The summed E-state index contributed by atoms with van der Waals surface area (Å²) in [5.41, 5.74) is 7.10. The quantitative estimate of drug-likeness (QED) is 0.257. The number of aliphatic hydroxyl groups is 1. The Labute approximate surface area is 119 Å². The normalized spacial score (nSPS) is 13.6. The van der Waals surface area contributed by atoms with E-state index in [2.05, 4.69) is 10.5 Å². The fourth-order valence-electron chi connectivity index (χ4n) is 1.71. The van der Waals surface area contributed by atoms with Crippen LogP contribution >= 0.6 is 0 Å². The Morgan fingerprint density at radius 3 is 2.70 bits per heavy atom. The summed E-state index contributed by atoms with van der Waals surface area (Å²) in [5, 5.41) is 24.6. The van der Waals surface area contributed by atoms with Gasteiger partial charge in [-0.15, -0.1) is 0 Å². The number of hydrogen-bond donors (Lipinski definition) is 4. The van der Waals surface area contributed by atoms with Crippen molar-refractivity contribution < 1.29 is 15.1 Å². The van der Waals surface area contributed by atoms with Gasteiger partial charge in [-0.25, -0.2) is 0 Å². The van der Waals surface area contributed by atoms with Crippen LogP contribution in [0.5, 0.6) is 5.75 Å². The van der Waals surface area contributed by atoms with Crippen molar-refractivity contribution in [3.8, 4) is 5.75 Å². The third kappa shape index (κ3) is 4.40. The molecule has 0 saturated carbocycles. The van der Waals surface area contributed by atoms with E-state index >= 15 is 0 Å². The maximum absolute atomic E-state index is 9.71. The molecule has 0 spiro atoms. The molecule has 0 heterocycles. The smallest absolute Gasteiger partial charge is 0.173 e. The number of methoxy groups -OCH3 is 1. The molecule has 1 atom stereocenters. The molecule has 1 rings (SSSR count). The highest BCUT2D eigenvalue weighted by Crippen LogP contribution is 2.20. The van der Waals surface area contributed by atoms with Gasteiger partial charge >= 0.3 is 0 Å². The Bertz CT molecular complexity index is 461. The first-order valence-corrected chi connectivity index (χ1v) is 6.53. The molecule has 0 radical (unpaired) electrons. The van der Waals surface area contributed by atoms with Gasteiger partial charge in [-0.3, -0.25) is 0 Å². The molecule has 6 nitrogen and oxygen atoms in total. The third-order valence-electron chi connectivity index (χ3n) is 3.10. The van der Waals surface area contributed by atoms with Gasteiger partial charge in [-0.05, 0) is 23.6 Å². The number of hydrogen-bond acceptors (Lipinski definition) is 5. The van der Waals surface area contributed by atoms with E-state index in [0.717, 1.165) is 5.56 Å². The Morgan fingerprint density at radius 1 is 1.45 bits per heavy atom. The van der Waals surface area contributed by atoms with Gasteiger partial charge in [0.2, 0.25) is 0 Å². The van der Waals surface area contributed by atoms with Crippen LogP contribution in [-0.2, 0) is 6.54 Å². The van der Waals surface area contributed by atoms with Crippen LogP contribution in [0.15, 0.2) is 23.4 Å². The Hall–Kier alpha value is -1.79. The molecule has 20 heavy (non-hydrogen) atoms. The van der Waals surface area contributed by atoms with Crippen LogP contribution in [0.4, 0.5) is 0 Å². The molecule has 0 aliphatic rings. The highest BCUT2D eigenvalue weighted by atomic mass is 16.5. The van der Waals surface area contributed by atoms with Crippen molar-refractivity contribution >= 4 is 5.84 Å². The fourth-order valence-corrected chi connectivity index (χ4v) is 1.71. The minimum Gasteiger partial charge on any atom is -0.496 e. The second-order valence-corrected chi connectivity index (χ2v) is 4.96. The number of aliphatic hydroxyl groups excluding tert-OH is 1. The number of benzene rings is 1. The lowest BCUT2D eigenvalue weighted by atomic mass is 10.1. The van der Waals surface area contributed by atoms with Crippen molar-refractivity contribution in [2.24, 2.45) is 16.8 Å². The van der Waals surface area contributed by atoms with Crippen LogP contribution in [0.1, 0.15) is 25.0 Å². The number of nitrogens with one attached hydrogen (secondary N) is 1. The predicted molar refractivity (Wildman–Crippen MR) is 78.1 cm³/mol. The zero-order valence-electron chi connectivity index (χ0n) is 12.1. The van der Waals surface area contributed by atoms with Crippen LogP contribution in [0.25, 0.3) is 0 Å². The largest absolute Gasteiger partial charge is 0.496 e. The molecule has 0 aliphatic carbocycles. The molecule has 1 unspecified atom stereocenters. The summed E-state index contributed by atoms with van der Waals surface area (Å²) in [6.45, 7) is 5.08. The molecular weight excluding hydrogens is 258 g/mol. The maximum Gasteiger partial charge on any atom is 0.173 e. The van der Waals surface area contributed by atoms with E-state index < -0.39 is 0 Å². The van der Waals surface area contributed by atoms with Crippen molar-refractivity contribution in [1.29, 1.82) is 0 Å². The van der Waals surface area contributed by atoms with Gasteiger partial charge in [0.05, 0.1) is 18.8 Å². The van der Waals surface area contributed by atoms with Crippen LogP contribution in [0, 0.1) is 5.92 Å². The Kier molecular flexibility index (Phi) is 6.27. The lowest BCUT2D eigenvalue weighted by Gasteiger charge is -2.15. The first-order valence-electron chi connectivity index (χ1n) is 6.53. The maximum atomic E-state index is 9.71. The summed E-state index contributed by atoms with van der Waals surface area (Å²) < 4.78 is 5.23. The summed E-state index contributed by atoms with van der Waals surface area (Å²) in [6, 6.07) is 5.43. The van der Waals surface area contributed by atoms with Gasteiger partial charge in [0.15, 0.2) is 5.84 Å². The van der Waals surface area contributed by atoms with Gasteiger partial charge in [0.25, 0.3) is 0 Å². The monoisotopic (exact) mass is 281 g/mol. The zero-order valence-corrected chi connectivity index (χ0v) is 12.1. The van der Waals surface area contributed by atoms with E-state index in [1.807, 2.05) is 26.0 Å². The Morgan fingerprint density at radius 2 is 2.15 bits per heavy atom. The second kappa shape index (κ2) is 7.72. The van der Waals surface area contributed by atoms with E-state index in [0.29, 0.717) is 24.4 Å². The van der Waals surface area contributed by atoms with Gasteiger partial charge in [0, 0.05) is 13.1 Å². The van der Waals surface area contributed by atoms with Crippen molar-refractivity contribution in [2.45, 2.75) is 26.5 Å². The highest BCUT2D eigenvalue weighted by Gasteiger charge is 2.10. The molecule has 112 valence electrons. The van der Waals surface area contributed by atoms with Crippen molar-refractivity contribution in [3.05, 3.63) is 29.3 Å². The molecular formula is C14H23N3O3. The first kappa shape index (κ1) is 16.3. The fraction of sp³-hybridized carbons (Fsp3) is 0.500. The number of nitrogens with zero attached hydrogens (tertiary/aromatic N) is 1. The average Bonchev–Trinajstić information content (AvgIpc) is 2.45. The van der Waals surface area contributed by atoms with Gasteiger partial charge in [-0.1, -0.05) is 25.1 Å². The van der Waals surface area contributed by atoms with Crippen LogP contribution in [0.2, 0.25) is 0 Å². The van der Waals surface area contributed by atoms with Crippen molar-refractivity contribution in [1.82, 2.24) is 5.32 Å². The first-order chi connectivity index (χ1) is 9.49. The Balaban J connectivity index is 2.69. The molecule has 0 amide bonds. The van der Waals surface area contributed by atoms with Crippen molar-refractivity contribution in [2.75, 3.05) is 13.7 Å². The number of rotatable bonds is 7. The summed E-state index contributed by atoms with van der Waals surface area (Å²) >= 11 is 0. The van der Waals surface area contributed by atoms with E-state index in [9.17, 15) is 5.11 Å². The van der Waals surface area contributed by atoms with Gasteiger partial charge in [0.1, 0.15) is 5.75 Å². The van der Waals surface area contributed by atoms with E-state index in [1.54, 1.807) is 6.07 Å². The van der Waals surface area contributed by atoms with Gasteiger partial charge in [-0.2, -0.15) is 0 Å². The standard InChI is InChI=1S/C14H23N3O3/c1-9(2)12(18)8-16-7-10-4-5-11(14(15)17-19)13(6-10)20-3/h4-6,9,12,16,18-19H,7-8H2,1-3H3,(H2,15,17). The number of oxime groups is 1. The number of ether oxygens (including phenoxy) is 1. The lowest BCUT2D eigenvalue weighted by Crippen LogP contribution is -2.30. The minimum absolute atomic E-state index is 0.0107. The molecule has 5 N–H and O–H groups in total. The minimum atomic E-state index is -0.367. The summed E-state index contributed by atoms with van der Waals surface area (Å²) in [5.74, 6) is 0.778. The van der Waals surface area contributed by atoms with Crippen LogP contribution in [0.3, 0.4) is 0 Å². The number of amidine groups is 1. The average molecular weight is 281 g/mol. The summed E-state index contributed by atoms with van der Waals surface area (Å²) in [7, 11) is 1.53. The third-order valence-corrected chi connectivity index (χ3v) is 3.10. The predicted octanol–water partition coefficient (Wildman–Crippen LogP) is 0.896. The van der Waals surface area contributed by atoms with Crippen molar-refractivity contribution in [3.63, 3.8) is 0 Å². The zero-order chi connectivity index (χ0) is 15.1. The van der Waals surface area contributed by atoms with Crippen LogP contribution < -0.4 is 15.8 Å². The van der Waals surface area contributed by atoms with E-state index in [4.69, 9.17) is 15.7 Å². The molecule has 0 aromatic heterocycles. The molecule has 1 aromatic carbocycles. The summed E-state index contributed by atoms with van der Waals surface area (Å²) in [6.07, 6.45) is -0.367. The molecule has 0 fully saturated rings. The SMILES string of the molecule is COc1cc(CNCC(O)C(C)C)ccc1/C(N)=N/O. The lowest BCUT2D eigenvalue weighted by molar-refractivity contribution is 0.123. The molecule has 0 aliphatic heterocycles. The molecule has 1 aromatic rings. The van der Waals surface area contributed by atoms with E-state index in [-0.39, 0.29) is 17.9 Å².